The molecule has 0 aliphatic rings. The van der Waals surface area contributed by atoms with E-state index in [2.05, 4.69) is 5.32 Å². The van der Waals surface area contributed by atoms with Crippen LogP contribution in [0.5, 0.6) is 0 Å². The molecular weight excluding hydrogens is 529 g/mol. The summed E-state index contributed by atoms with van der Waals surface area (Å²) in [5, 5.41) is 2.96. The Balaban J connectivity index is 2.09. The second kappa shape index (κ2) is 13.6. The molecule has 3 aromatic rings. The summed E-state index contributed by atoms with van der Waals surface area (Å²) < 4.78 is 41.7. The summed E-state index contributed by atoms with van der Waals surface area (Å²) in [5.41, 5.74) is 3.05. The van der Waals surface area contributed by atoms with E-state index in [4.69, 9.17) is 0 Å². The van der Waals surface area contributed by atoms with Gasteiger partial charge < -0.3 is 10.2 Å². The van der Waals surface area contributed by atoms with Gasteiger partial charge in [0.2, 0.25) is 21.8 Å². The van der Waals surface area contributed by atoms with Gasteiger partial charge in [0.1, 0.15) is 18.4 Å². The van der Waals surface area contributed by atoms with Gasteiger partial charge in [0, 0.05) is 24.6 Å². The highest BCUT2D eigenvalue weighted by molar-refractivity contribution is 7.92. The lowest BCUT2D eigenvalue weighted by atomic mass is 10.0. The van der Waals surface area contributed by atoms with Gasteiger partial charge >= 0.3 is 0 Å². The van der Waals surface area contributed by atoms with E-state index in [0.717, 1.165) is 21.7 Å². The number of anilines is 1. The van der Waals surface area contributed by atoms with Crippen molar-refractivity contribution in [3.63, 3.8) is 0 Å². The van der Waals surface area contributed by atoms with Crippen LogP contribution in [0.15, 0.2) is 72.8 Å². The molecule has 2 amide bonds. The number of carbonyl (C=O) groups excluding carboxylic acids is 2. The predicted octanol–water partition coefficient (Wildman–Crippen LogP) is 4.76. The van der Waals surface area contributed by atoms with Gasteiger partial charge in [-0.3, -0.25) is 13.9 Å². The van der Waals surface area contributed by atoms with E-state index in [0.29, 0.717) is 17.7 Å². The summed E-state index contributed by atoms with van der Waals surface area (Å²) in [7, 11) is -3.88. The summed E-state index contributed by atoms with van der Waals surface area (Å²) in [6, 6.07) is 19.4. The first-order valence-corrected chi connectivity index (χ1v) is 15.2. The van der Waals surface area contributed by atoms with E-state index < -0.39 is 34.3 Å². The van der Waals surface area contributed by atoms with Crippen molar-refractivity contribution in [2.24, 2.45) is 0 Å². The molecule has 0 aliphatic heterocycles. The standard InChI is InChI=1S/C31H38FN3O4S/c1-6-24(4)33-31(37)29(19-25-12-8-7-9-13-25)34(20-26-14-10-11-15-27(26)32)30(36)21-35(40(5,38)39)28-17-16-22(2)18-23(28)3/h7-18,24,29H,6,19-21H2,1-5H3,(H,33,37)/t24-,29+/m1/s1. The van der Waals surface area contributed by atoms with Crippen molar-refractivity contribution in [3.05, 3.63) is 101 Å². The van der Waals surface area contributed by atoms with Gasteiger partial charge in [0.25, 0.3) is 0 Å². The summed E-state index contributed by atoms with van der Waals surface area (Å²) in [5.74, 6) is -1.52. The van der Waals surface area contributed by atoms with Crippen LogP contribution in [0, 0.1) is 19.7 Å². The Morgan fingerprint density at radius 3 is 2.23 bits per heavy atom. The maximum absolute atomic E-state index is 14.8. The molecule has 0 heterocycles. The van der Waals surface area contributed by atoms with E-state index in [-0.39, 0.29) is 30.5 Å². The third-order valence-corrected chi connectivity index (χ3v) is 8.00. The Kier molecular flexibility index (Phi) is 10.5. The number of nitrogens with zero attached hydrogens (tertiary/aromatic N) is 2. The molecule has 3 aromatic carbocycles. The van der Waals surface area contributed by atoms with Gasteiger partial charge in [0.15, 0.2) is 0 Å². The molecule has 0 saturated carbocycles. The number of aryl methyl sites for hydroxylation is 2. The van der Waals surface area contributed by atoms with Gasteiger partial charge in [-0.25, -0.2) is 12.8 Å². The lowest BCUT2D eigenvalue weighted by Gasteiger charge is -2.34. The molecule has 214 valence electrons. The molecule has 0 spiro atoms. The summed E-state index contributed by atoms with van der Waals surface area (Å²) >= 11 is 0. The number of halogens is 1. The molecule has 1 N–H and O–H groups in total. The number of nitrogens with one attached hydrogen (secondary N) is 1. The molecule has 0 saturated heterocycles. The first-order valence-electron chi connectivity index (χ1n) is 13.3. The Bertz CT molecular complexity index is 1430. The normalized spacial score (nSPS) is 12.8. The van der Waals surface area contributed by atoms with Crippen LogP contribution in [-0.2, 0) is 32.6 Å². The SMILES string of the molecule is CC[C@@H](C)NC(=O)[C@H](Cc1ccccc1)N(Cc1ccccc1F)C(=O)CN(c1ccc(C)cc1C)S(C)(=O)=O. The molecule has 7 nitrogen and oxygen atoms in total. The fourth-order valence-corrected chi connectivity index (χ4v) is 5.39. The molecule has 0 aliphatic carbocycles. The van der Waals surface area contributed by atoms with Crippen LogP contribution in [0.25, 0.3) is 0 Å². The second-order valence-electron chi connectivity index (χ2n) is 10.2. The molecule has 3 rings (SSSR count). The maximum atomic E-state index is 14.8. The molecule has 0 aromatic heterocycles. The average molecular weight is 568 g/mol. The molecular formula is C31H38FN3O4S. The van der Waals surface area contributed by atoms with Gasteiger partial charge in [0.05, 0.1) is 11.9 Å². The van der Waals surface area contributed by atoms with Crippen molar-refractivity contribution in [2.45, 2.75) is 59.2 Å². The molecule has 0 radical (unpaired) electrons. The van der Waals surface area contributed by atoms with E-state index in [1.54, 1.807) is 37.3 Å². The lowest BCUT2D eigenvalue weighted by molar-refractivity contribution is -0.140. The Hall–Kier alpha value is -3.72. The minimum atomic E-state index is -3.88. The Labute approximate surface area is 237 Å². The lowest BCUT2D eigenvalue weighted by Crippen LogP contribution is -2.54. The Morgan fingerprint density at radius 1 is 0.975 bits per heavy atom. The zero-order chi connectivity index (χ0) is 29.4. The van der Waals surface area contributed by atoms with Crippen LogP contribution in [0.2, 0.25) is 0 Å². The zero-order valence-corrected chi connectivity index (χ0v) is 24.5. The molecule has 0 fully saturated rings. The fourth-order valence-electron chi connectivity index (χ4n) is 4.49. The van der Waals surface area contributed by atoms with Crippen LogP contribution in [0.1, 0.15) is 42.5 Å². The first kappa shape index (κ1) is 30.8. The Morgan fingerprint density at radius 2 is 1.62 bits per heavy atom. The van der Waals surface area contributed by atoms with E-state index in [9.17, 15) is 22.4 Å². The maximum Gasteiger partial charge on any atom is 0.244 e. The highest BCUT2D eigenvalue weighted by atomic mass is 32.2. The highest BCUT2D eigenvalue weighted by Gasteiger charge is 2.34. The van der Waals surface area contributed by atoms with Gasteiger partial charge in [-0.15, -0.1) is 0 Å². The average Bonchev–Trinajstić information content (AvgIpc) is 2.90. The second-order valence-corrected chi connectivity index (χ2v) is 12.1. The van der Waals surface area contributed by atoms with Crippen molar-refractivity contribution in [3.8, 4) is 0 Å². The van der Waals surface area contributed by atoms with Crippen LogP contribution in [0.3, 0.4) is 0 Å². The number of hydrogen-bond donors (Lipinski definition) is 1. The van der Waals surface area contributed by atoms with Crippen molar-refractivity contribution in [1.29, 1.82) is 0 Å². The summed E-state index contributed by atoms with van der Waals surface area (Å²) in [6.07, 6.45) is 1.89. The van der Waals surface area contributed by atoms with Crippen LogP contribution in [0.4, 0.5) is 10.1 Å². The third-order valence-electron chi connectivity index (χ3n) is 6.87. The predicted molar refractivity (Wildman–Crippen MR) is 157 cm³/mol. The van der Waals surface area contributed by atoms with Gasteiger partial charge in [-0.1, -0.05) is 73.2 Å². The number of benzene rings is 3. The molecule has 9 heteroatoms. The molecule has 40 heavy (non-hydrogen) atoms. The van der Waals surface area contributed by atoms with Crippen LogP contribution in [-0.4, -0.2) is 50.0 Å². The number of rotatable bonds is 12. The summed E-state index contributed by atoms with van der Waals surface area (Å²) in [6.45, 7) is 6.73. The fraction of sp³-hybridized carbons (Fsp3) is 0.355. The smallest absolute Gasteiger partial charge is 0.244 e. The minimum Gasteiger partial charge on any atom is -0.352 e. The molecule has 2 atom stereocenters. The summed E-state index contributed by atoms with van der Waals surface area (Å²) in [4.78, 5) is 29.0. The van der Waals surface area contributed by atoms with E-state index >= 15 is 0 Å². The monoisotopic (exact) mass is 567 g/mol. The highest BCUT2D eigenvalue weighted by Crippen LogP contribution is 2.25. The van der Waals surface area contributed by atoms with Gasteiger partial charge in [-0.05, 0) is 50.5 Å². The number of amides is 2. The number of carbonyl (C=O) groups is 2. The number of hydrogen-bond acceptors (Lipinski definition) is 4. The molecule has 0 bridgehead atoms. The number of sulfonamides is 1. The van der Waals surface area contributed by atoms with E-state index in [1.807, 2.05) is 57.2 Å². The quantitative estimate of drug-likeness (QED) is 0.342. The first-order chi connectivity index (χ1) is 18.9. The van der Waals surface area contributed by atoms with Crippen LogP contribution < -0.4 is 9.62 Å². The van der Waals surface area contributed by atoms with Crippen molar-refractivity contribution < 1.29 is 22.4 Å². The van der Waals surface area contributed by atoms with Crippen LogP contribution >= 0.6 is 0 Å². The zero-order valence-electron chi connectivity index (χ0n) is 23.7. The van der Waals surface area contributed by atoms with Crippen molar-refractivity contribution >= 4 is 27.5 Å². The van der Waals surface area contributed by atoms with Crippen molar-refractivity contribution in [2.75, 3.05) is 17.1 Å². The molecule has 0 unspecified atom stereocenters. The van der Waals surface area contributed by atoms with E-state index in [1.165, 1.54) is 11.0 Å². The topological polar surface area (TPSA) is 86.8 Å². The van der Waals surface area contributed by atoms with Crippen molar-refractivity contribution in [1.82, 2.24) is 10.2 Å². The largest absolute Gasteiger partial charge is 0.352 e. The minimum absolute atomic E-state index is 0.154. The third kappa shape index (κ3) is 8.14. The van der Waals surface area contributed by atoms with Gasteiger partial charge in [-0.2, -0.15) is 0 Å².